The summed E-state index contributed by atoms with van der Waals surface area (Å²) in [5, 5.41) is 3.35. The minimum absolute atomic E-state index is 0.161. The Kier molecular flexibility index (Phi) is 3.89. The van der Waals surface area contributed by atoms with E-state index in [1.807, 2.05) is 24.3 Å². The molecule has 2 heterocycles. The van der Waals surface area contributed by atoms with Gasteiger partial charge in [-0.25, -0.2) is 0 Å². The van der Waals surface area contributed by atoms with Crippen LogP contribution in [0.25, 0.3) is 11.1 Å². The molecule has 1 aromatic carbocycles. The van der Waals surface area contributed by atoms with E-state index in [4.69, 9.17) is 9.15 Å². The quantitative estimate of drug-likeness (QED) is 0.924. The molecule has 1 saturated heterocycles. The highest BCUT2D eigenvalue weighted by molar-refractivity contribution is 5.74. The molecule has 0 spiro atoms. The zero-order chi connectivity index (χ0) is 14.9. The highest BCUT2D eigenvalue weighted by Crippen LogP contribution is 2.34. The summed E-state index contributed by atoms with van der Waals surface area (Å²) in [5.41, 5.74) is 1.88. The number of hydrogen-bond acceptors (Lipinski definition) is 4. The van der Waals surface area contributed by atoms with E-state index in [0.29, 0.717) is 11.9 Å². The van der Waals surface area contributed by atoms with Crippen molar-refractivity contribution in [1.29, 1.82) is 0 Å². The molecule has 0 radical (unpaired) electrons. The fourth-order valence-corrected chi connectivity index (χ4v) is 3.18. The lowest BCUT2D eigenvalue weighted by atomic mass is 9.78. The third-order valence-corrected chi connectivity index (χ3v) is 4.11. The van der Waals surface area contributed by atoms with Gasteiger partial charge < -0.3 is 14.5 Å². The molecule has 1 aliphatic rings. The number of para-hydroxylation sites is 2. The van der Waals surface area contributed by atoms with Crippen LogP contribution < -0.4 is 5.32 Å². The minimum Gasteiger partial charge on any atom is -0.424 e. The van der Waals surface area contributed by atoms with Gasteiger partial charge in [-0.15, -0.1) is 0 Å². The molecule has 1 N–H and O–H groups in total. The second kappa shape index (κ2) is 5.68. The van der Waals surface area contributed by atoms with Gasteiger partial charge in [0.2, 0.25) is 0 Å². The Balaban J connectivity index is 1.68. The van der Waals surface area contributed by atoms with Crippen molar-refractivity contribution in [1.82, 2.24) is 4.98 Å². The third-order valence-electron chi connectivity index (χ3n) is 4.11. The summed E-state index contributed by atoms with van der Waals surface area (Å²) in [6, 6.07) is 8.44. The average molecular weight is 288 g/mol. The van der Waals surface area contributed by atoms with Crippen LogP contribution in [0.5, 0.6) is 0 Å². The summed E-state index contributed by atoms with van der Waals surface area (Å²) in [5.74, 6) is 0.494. The second-order valence-corrected chi connectivity index (χ2v) is 6.93. The first-order chi connectivity index (χ1) is 10.0. The molecular formula is C17H24N2O2. The first-order valence-corrected chi connectivity index (χ1v) is 7.75. The Morgan fingerprint density at radius 1 is 1.29 bits per heavy atom. The predicted molar refractivity (Wildman–Crippen MR) is 84.4 cm³/mol. The van der Waals surface area contributed by atoms with Crippen molar-refractivity contribution in [3.8, 4) is 0 Å². The monoisotopic (exact) mass is 288 g/mol. The van der Waals surface area contributed by atoms with E-state index in [9.17, 15) is 0 Å². The number of aromatic nitrogens is 1. The van der Waals surface area contributed by atoms with Crippen molar-refractivity contribution in [2.24, 2.45) is 11.3 Å². The van der Waals surface area contributed by atoms with Crippen LogP contribution >= 0.6 is 0 Å². The number of fused-ring (bicyclic) bond motifs is 1. The van der Waals surface area contributed by atoms with Gasteiger partial charge in [0, 0.05) is 19.1 Å². The van der Waals surface area contributed by atoms with Crippen molar-refractivity contribution < 1.29 is 9.15 Å². The number of hydrogen-bond donors (Lipinski definition) is 1. The van der Waals surface area contributed by atoms with Gasteiger partial charge in [-0.05, 0) is 30.4 Å². The molecule has 3 rings (SSSR count). The molecule has 1 aromatic heterocycles. The summed E-state index contributed by atoms with van der Waals surface area (Å²) in [6.07, 6.45) is 2.60. The van der Waals surface area contributed by atoms with E-state index in [2.05, 4.69) is 31.1 Å². The number of nitrogens with one attached hydrogen (secondary N) is 1. The van der Waals surface area contributed by atoms with E-state index >= 15 is 0 Å². The van der Waals surface area contributed by atoms with Crippen LogP contribution in [0.2, 0.25) is 0 Å². The summed E-state index contributed by atoms with van der Waals surface area (Å²) in [6.45, 7) is 8.45. The van der Waals surface area contributed by atoms with Gasteiger partial charge in [0.25, 0.3) is 6.01 Å². The van der Waals surface area contributed by atoms with Gasteiger partial charge in [-0.3, -0.25) is 0 Å². The molecule has 1 fully saturated rings. The normalized spacial score (nSPS) is 23.4. The third kappa shape index (κ3) is 3.21. The van der Waals surface area contributed by atoms with Gasteiger partial charge in [0.05, 0.1) is 6.10 Å². The number of oxazole rings is 1. The minimum atomic E-state index is 0.161. The zero-order valence-corrected chi connectivity index (χ0v) is 13.1. The maximum atomic E-state index is 6.01. The molecule has 114 valence electrons. The number of anilines is 1. The molecule has 0 bridgehead atoms. The largest absolute Gasteiger partial charge is 0.424 e. The molecular weight excluding hydrogens is 264 g/mol. The van der Waals surface area contributed by atoms with Crippen molar-refractivity contribution in [2.45, 2.75) is 39.7 Å². The van der Waals surface area contributed by atoms with E-state index in [1.54, 1.807) is 0 Å². The molecule has 4 nitrogen and oxygen atoms in total. The Hall–Kier alpha value is -1.55. The lowest BCUT2D eigenvalue weighted by Gasteiger charge is -2.40. The summed E-state index contributed by atoms with van der Waals surface area (Å²) >= 11 is 0. The van der Waals surface area contributed by atoms with Gasteiger partial charge in [0.1, 0.15) is 5.52 Å². The highest BCUT2D eigenvalue weighted by atomic mass is 16.5. The Labute approximate surface area is 125 Å². The smallest absolute Gasteiger partial charge is 0.295 e. The predicted octanol–water partition coefficient (Wildman–Crippen LogP) is 4.08. The number of rotatable bonds is 3. The lowest BCUT2D eigenvalue weighted by Crippen LogP contribution is -2.42. The van der Waals surface area contributed by atoms with E-state index < -0.39 is 0 Å². The fraction of sp³-hybridized carbons (Fsp3) is 0.588. The molecule has 21 heavy (non-hydrogen) atoms. The Bertz CT molecular complexity index is 567. The van der Waals surface area contributed by atoms with Gasteiger partial charge >= 0.3 is 0 Å². The summed E-state index contributed by atoms with van der Waals surface area (Å²) in [7, 11) is 0. The lowest BCUT2D eigenvalue weighted by molar-refractivity contribution is -0.0815. The summed E-state index contributed by atoms with van der Waals surface area (Å²) in [4.78, 5) is 4.47. The number of nitrogens with zero attached hydrogens (tertiary/aromatic N) is 1. The average Bonchev–Trinajstić information content (AvgIpc) is 2.87. The zero-order valence-electron chi connectivity index (χ0n) is 13.1. The van der Waals surface area contributed by atoms with E-state index in [0.717, 1.165) is 30.7 Å². The Morgan fingerprint density at radius 2 is 2.10 bits per heavy atom. The fourth-order valence-electron chi connectivity index (χ4n) is 3.18. The van der Waals surface area contributed by atoms with Crippen molar-refractivity contribution in [3.05, 3.63) is 24.3 Å². The molecule has 4 heteroatoms. The molecule has 0 amide bonds. The van der Waals surface area contributed by atoms with E-state index in [1.165, 1.54) is 6.42 Å². The molecule has 2 atom stereocenters. The van der Waals surface area contributed by atoms with Crippen LogP contribution in [-0.2, 0) is 4.74 Å². The van der Waals surface area contributed by atoms with Crippen LogP contribution in [0.1, 0.15) is 33.6 Å². The van der Waals surface area contributed by atoms with Crippen molar-refractivity contribution in [3.63, 3.8) is 0 Å². The molecule has 1 aliphatic heterocycles. The van der Waals surface area contributed by atoms with Crippen LogP contribution in [-0.4, -0.2) is 24.2 Å². The van der Waals surface area contributed by atoms with Crippen molar-refractivity contribution in [2.75, 3.05) is 18.5 Å². The first-order valence-electron chi connectivity index (χ1n) is 7.75. The van der Waals surface area contributed by atoms with E-state index in [-0.39, 0.29) is 11.5 Å². The number of ether oxygens (including phenoxy) is 1. The summed E-state index contributed by atoms with van der Waals surface area (Å²) < 4.78 is 11.7. The van der Waals surface area contributed by atoms with Crippen LogP contribution in [0.3, 0.4) is 0 Å². The van der Waals surface area contributed by atoms with Crippen LogP contribution in [0, 0.1) is 11.3 Å². The van der Waals surface area contributed by atoms with Gasteiger partial charge in [0.15, 0.2) is 5.58 Å². The highest BCUT2D eigenvalue weighted by Gasteiger charge is 2.35. The standard InChI is InChI=1S/C17H24N2O2/c1-17(2,3)15-12(7-6-10-20-15)11-18-16-19-13-8-4-5-9-14(13)21-16/h4-5,8-9,12,15H,6-7,10-11H2,1-3H3,(H,18,19). The second-order valence-electron chi connectivity index (χ2n) is 6.93. The SMILES string of the molecule is CC(C)(C)C1OCCCC1CNc1nc2ccccc2o1. The topological polar surface area (TPSA) is 47.3 Å². The Morgan fingerprint density at radius 3 is 2.86 bits per heavy atom. The molecule has 0 saturated carbocycles. The van der Waals surface area contributed by atoms with Crippen molar-refractivity contribution >= 4 is 17.1 Å². The maximum Gasteiger partial charge on any atom is 0.295 e. The maximum absolute atomic E-state index is 6.01. The first kappa shape index (κ1) is 14.4. The van der Waals surface area contributed by atoms with Crippen LogP contribution in [0.4, 0.5) is 6.01 Å². The number of benzene rings is 1. The van der Waals surface area contributed by atoms with Gasteiger partial charge in [-0.2, -0.15) is 4.98 Å². The molecule has 2 unspecified atom stereocenters. The van der Waals surface area contributed by atoms with Crippen LogP contribution in [0.15, 0.2) is 28.7 Å². The molecule has 2 aromatic rings. The van der Waals surface area contributed by atoms with Gasteiger partial charge in [-0.1, -0.05) is 32.9 Å². The molecule has 0 aliphatic carbocycles.